The maximum Gasteiger partial charge on any atom is 0.271 e. The van der Waals surface area contributed by atoms with Crippen LogP contribution in [0.3, 0.4) is 0 Å². The van der Waals surface area contributed by atoms with Gasteiger partial charge in [0.1, 0.15) is 5.76 Å². The van der Waals surface area contributed by atoms with Gasteiger partial charge in [-0.2, -0.15) is 5.10 Å². The highest BCUT2D eigenvalue weighted by Gasteiger charge is 2.14. The van der Waals surface area contributed by atoms with Gasteiger partial charge in [0.05, 0.1) is 23.9 Å². The number of carbonyl (C=O) groups is 1. The Hall–Kier alpha value is -4.64. The summed E-state index contributed by atoms with van der Waals surface area (Å²) in [6.45, 7) is 0. The van der Waals surface area contributed by atoms with Crippen molar-refractivity contribution in [3.63, 3.8) is 0 Å². The van der Waals surface area contributed by atoms with Crippen LogP contribution in [0.1, 0.15) is 16.1 Å². The molecule has 0 spiro atoms. The van der Waals surface area contributed by atoms with Crippen LogP contribution in [0.4, 0.5) is 0 Å². The van der Waals surface area contributed by atoms with Crippen LogP contribution in [0.15, 0.2) is 125 Å². The number of nitrogens with zero attached hydrogens (tertiary/aromatic N) is 2. The molecule has 0 saturated heterocycles. The summed E-state index contributed by atoms with van der Waals surface area (Å²) in [6.07, 6.45) is 3.01. The highest BCUT2D eigenvalue weighted by Crippen LogP contribution is 2.32. The lowest BCUT2D eigenvalue weighted by molar-refractivity contribution is 0.0955. The highest BCUT2D eigenvalue weighted by atomic mass is 16.3. The predicted molar refractivity (Wildman–Crippen MR) is 130 cm³/mol. The molecule has 0 radical (unpaired) electrons. The fourth-order valence-electron chi connectivity index (χ4n) is 3.73. The van der Waals surface area contributed by atoms with E-state index in [-0.39, 0.29) is 5.91 Å². The first-order valence-corrected chi connectivity index (χ1v) is 10.6. The molecule has 0 fully saturated rings. The average molecular weight is 431 g/mol. The van der Waals surface area contributed by atoms with Crippen molar-refractivity contribution in [2.75, 3.05) is 0 Å². The van der Waals surface area contributed by atoms with Gasteiger partial charge < -0.3 is 8.98 Å². The maximum atomic E-state index is 12.5. The third-order valence-corrected chi connectivity index (χ3v) is 5.31. The zero-order valence-electron chi connectivity index (χ0n) is 17.8. The first-order chi connectivity index (χ1) is 16.3. The van der Waals surface area contributed by atoms with E-state index in [1.807, 2.05) is 48.5 Å². The van der Waals surface area contributed by atoms with Gasteiger partial charge in [0.2, 0.25) is 0 Å². The quantitative estimate of drug-likeness (QED) is 0.258. The third-order valence-electron chi connectivity index (χ3n) is 5.31. The molecule has 0 aliphatic carbocycles. The first kappa shape index (κ1) is 20.3. The van der Waals surface area contributed by atoms with Crippen LogP contribution < -0.4 is 5.43 Å². The molecule has 33 heavy (non-hydrogen) atoms. The molecule has 5 nitrogen and oxygen atoms in total. The number of hydrazone groups is 1. The largest absolute Gasteiger partial charge is 0.463 e. The fraction of sp³-hybridized carbons (Fsp3) is 0. The second-order valence-electron chi connectivity index (χ2n) is 7.43. The second-order valence-corrected chi connectivity index (χ2v) is 7.43. The van der Waals surface area contributed by atoms with Crippen molar-refractivity contribution in [3.05, 3.63) is 127 Å². The van der Waals surface area contributed by atoms with E-state index in [4.69, 9.17) is 4.42 Å². The lowest BCUT2D eigenvalue weighted by Gasteiger charge is -2.15. The summed E-state index contributed by atoms with van der Waals surface area (Å²) in [6, 6.07) is 35.8. The summed E-state index contributed by atoms with van der Waals surface area (Å²) < 4.78 is 7.38. The van der Waals surface area contributed by atoms with Crippen LogP contribution in [0.5, 0.6) is 0 Å². The Bertz CT molecular complexity index is 1310. The number of nitrogens with one attached hydrogen (secondary N) is 1. The molecule has 1 amide bonds. The lowest BCUT2D eigenvalue weighted by atomic mass is 10.1. The Morgan fingerprint density at radius 2 is 1.33 bits per heavy atom. The fourth-order valence-corrected chi connectivity index (χ4v) is 3.73. The van der Waals surface area contributed by atoms with Crippen LogP contribution in [0.2, 0.25) is 0 Å². The number of hydrogen-bond acceptors (Lipinski definition) is 3. The van der Waals surface area contributed by atoms with Crippen LogP contribution in [0, 0.1) is 0 Å². The Morgan fingerprint density at radius 3 is 1.88 bits per heavy atom. The number of rotatable bonds is 6. The molecule has 0 aliphatic rings. The first-order valence-electron chi connectivity index (χ1n) is 10.6. The molecule has 2 aromatic heterocycles. The highest BCUT2D eigenvalue weighted by molar-refractivity contribution is 5.95. The van der Waals surface area contributed by atoms with Crippen molar-refractivity contribution >= 4 is 12.1 Å². The molecule has 2 heterocycles. The molecule has 0 aliphatic heterocycles. The van der Waals surface area contributed by atoms with Crippen molar-refractivity contribution in [3.8, 4) is 28.2 Å². The molecule has 0 saturated carbocycles. The number of furan rings is 1. The van der Waals surface area contributed by atoms with Gasteiger partial charge >= 0.3 is 0 Å². The summed E-state index contributed by atoms with van der Waals surface area (Å²) in [5, 5.41) is 3.95. The van der Waals surface area contributed by atoms with E-state index in [0.717, 1.165) is 28.2 Å². The van der Waals surface area contributed by atoms with E-state index in [0.29, 0.717) is 11.3 Å². The van der Waals surface area contributed by atoms with Gasteiger partial charge in [0.15, 0.2) is 0 Å². The summed E-state index contributed by atoms with van der Waals surface area (Å²) in [4.78, 5) is 12.5. The van der Waals surface area contributed by atoms with Crippen molar-refractivity contribution in [2.45, 2.75) is 0 Å². The number of hydrogen-bond donors (Lipinski definition) is 1. The Kier molecular flexibility index (Phi) is 5.68. The summed E-state index contributed by atoms with van der Waals surface area (Å²) in [7, 11) is 0. The van der Waals surface area contributed by atoms with Crippen molar-refractivity contribution in [2.24, 2.45) is 5.10 Å². The second kappa shape index (κ2) is 9.24. The molecule has 0 unspecified atom stereocenters. The maximum absolute atomic E-state index is 12.5. The van der Waals surface area contributed by atoms with E-state index in [1.165, 1.54) is 6.21 Å². The SMILES string of the molecule is O=C(N/N=C\c1ccco1)c1ccc(-n2c(-c3ccccc3)ccc2-c2ccccc2)cc1. The van der Waals surface area contributed by atoms with E-state index in [9.17, 15) is 4.79 Å². The third kappa shape index (κ3) is 4.38. The van der Waals surface area contributed by atoms with Gasteiger partial charge in [-0.15, -0.1) is 0 Å². The zero-order valence-corrected chi connectivity index (χ0v) is 17.8. The van der Waals surface area contributed by atoms with E-state index < -0.39 is 0 Å². The molecule has 5 heteroatoms. The van der Waals surface area contributed by atoms with E-state index >= 15 is 0 Å². The van der Waals surface area contributed by atoms with Gasteiger partial charge in [-0.3, -0.25) is 4.79 Å². The molecule has 5 rings (SSSR count). The topological polar surface area (TPSA) is 59.5 Å². The standard InChI is InChI=1S/C28H21N3O2/c32-28(30-29-20-25-12-7-19-33-25)23-13-15-24(16-14-23)31-26(21-8-3-1-4-9-21)17-18-27(31)22-10-5-2-6-11-22/h1-20H,(H,30,32)/b29-20-. The van der Waals surface area contributed by atoms with Gasteiger partial charge in [-0.1, -0.05) is 60.7 Å². The molecule has 1 N–H and O–H groups in total. The molecule has 5 aromatic rings. The van der Waals surface area contributed by atoms with Crippen molar-refractivity contribution in [1.29, 1.82) is 0 Å². The minimum atomic E-state index is -0.288. The predicted octanol–water partition coefficient (Wildman–Crippen LogP) is 6.17. The van der Waals surface area contributed by atoms with Gasteiger partial charge in [0.25, 0.3) is 5.91 Å². The number of carbonyl (C=O) groups excluding carboxylic acids is 1. The minimum Gasteiger partial charge on any atom is -0.463 e. The zero-order chi connectivity index (χ0) is 22.5. The number of benzene rings is 3. The smallest absolute Gasteiger partial charge is 0.271 e. The van der Waals surface area contributed by atoms with Gasteiger partial charge in [0, 0.05) is 11.3 Å². The van der Waals surface area contributed by atoms with Crippen LogP contribution in [-0.4, -0.2) is 16.7 Å². The monoisotopic (exact) mass is 431 g/mol. The van der Waals surface area contributed by atoms with E-state index in [2.05, 4.69) is 51.5 Å². The molecule has 0 atom stereocenters. The van der Waals surface area contributed by atoms with Crippen LogP contribution >= 0.6 is 0 Å². The Balaban J connectivity index is 1.47. The van der Waals surface area contributed by atoms with Gasteiger partial charge in [-0.25, -0.2) is 5.43 Å². The van der Waals surface area contributed by atoms with E-state index in [1.54, 1.807) is 30.5 Å². The molecular formula is C28H21N3O2. The Morgan fingerprint density at radius 1 is 0.727 bits per heavy atom. The normalized spacial score (nSPS) is 11.0. The molecule has 3 aromatic carbocycles. The summed E-state index contributed by atoms with van der Waals surface area (Å²) in [5.74, 6) is 0.281. The number of amides is 1. The molecular weight excluding hydrogens is 410 g/mol. The van der Waals surface area contributed by atoms with Crippen molar-refractivity contribution in [1.82, 2.24) is 9.99 Å². The van der Waals surface area contributed by atoms with Crippen LogP contribution in [0.25, 0.3) is 28.2 Å². The summed E-state index contributed by atoms with van der Waals surface area (Å²) >= 11 is 0. The van der Waals surface area contributed by atoms with Crippen LogP contribution in [-0.2, 0) is 0 Å². The number of aromatic nitrogens is 1. The molecule has 160 valence electrons. The Labute approximate surface area is 191 Å². The average Bonchev–Trinajstić information content (AvgIpc) is 3.55. The molecule has 0 bridgehead atoms. The minimum absolute atomic E-state index is 0.288. The van der Waals surface area contributed by atoms with Crippen molar-refractivity contribution < 1.29 is 9.21 Å². The lowest BCUT2D eigenvalue weighted by Crippen LogP contribution is -2.17. The van der Waals surface area contributed by atoms with Gasteiger partial charge in [-0.05, 0) is 59.7 Å². The summed E-state index contributed by atoms with van der Waals surface area (Å²) in [5.41, 5.74) is 8.41.